The van der Waals surface area contributed by atoms with Gasteiger partial charge >= 0.3 is 0 Å². The first-order chi connectivity index (χ1) is 7.06. The first-order valence-electron chi connectivity index (χ1n) is 4.69. The van der Waals surface area contributed by atoms with E-state index in [0.717, 1.165) is 21.1 Å². The Labute approximate surface area is 106 Å². The molecule has 84 valence electrons. The number of aliphatic hydroxyl groups is 1. The zero-order chi connectivity index (χ0) is 11.4. The molecular formula is C10H14Br2N2O. The first kappa shape index (κ1) is 13.0. The molecule has 1 aromatic carbocycles. The molecule has 0 bridgehead atoms. The Bertz CT molecular complexity index is 321. The lowest BCUT2D eigenvalue weighted by Crippen LogP contribution is -2.20. The molecule has 4 N–H and O–H groups in total. The minimum Gasteiger partial charge on any atom is -0.397 e. The molecule has 5 heteroatoms. The average molecular weight is 338 g/mol. The van der Waals surface area contributed by atoms with Gasteiger partial charge in [-0.05, 0) is 56.1 Å². The van der Waals surface area contributed by atoms with Gasteiger partial charge in [0.25, 0.3) is 0 Å². The summed E-state index contributed by atoms with van der Waals surface area (Å²) in [5.41, 5.74) is 7.24. The summed E-state index contributed by atoms with van der Waals surface area (Å²) >= 11 is 6.69. The third-order valence-electron chi connectivity index (χ3n) is 2.07. The zero-order valence-corrected chi connectivity index (χ0v) is 11.6. The number of nitrogens with two attached hydrogens (primary N) is 1. The number of hydrogen-bond acceptors (Lipinski definition) is 3. The Morgan fingerprint density at radius 3 is 2.40 bits per heavy atom. The van der Waals surface area contributed by atoms with E-state index in [0.29, 0.717) is 12.2 Å². The van der Waals surface area contributed by atoms with E-state index in [1.165, 1.54) is 0 Å². The molecule has 0 aliphatic carbocycles. The Kier molecular flexibility index (Phi) is 5.05. The second-order valence-electron chi connectivity index (χ2n) is 3.22. The summed E-state index contributed by atoms with van der Waals surface area (Å²) in [6.07, 6.45) is -0.516. The molecule has 0 radical (unpaired) electrons. The molecule has 1 atom stereocenters. The van der Waals surface area contributed by atoms with Crippen molar-refractivity contribution in [3.8, 4) is 0 Å². The van der Waals surface area contributed by atoms with Gasteiger partial charge in [-0.2, -0.15) is 0 Å². The molecule has 0 saturated carbocycles. The highest BCUT2D eigenvalue weighted by molar-refractivity contribution is 9.11. The monoisotopic (exact) mass is 336 g/mol. The van der Waals surface area contributed by atoms with Crippen molar-refractivity contribution in [2.24, 2.45) is 0 Å². The average Bonchev–Trinajstić information content (AvgIpc) is 2.21. The lowest BCUT2D eigenvalue weighted by Gasteiger charge is -2.13. The van der Waals surface area contributed by atoms with Gasteiger partial charge in [-0.3, -0.25) is 0 Å². The minimum atomic E-state index is -0.516. The van der Waals surface area contributed by atoms with Gasteiger partial charge in [0.2, 0.25) is 0 Å². The third kappa shape index (κ3) is 3.45. The summed E-state index contributed by atoms with van der Waals surface area (Å²) in [5, 5.41) is 12.9. The summed E-state index contributed by atoms with van der Waals surface area (Å²) in [6, 6.07) is 3.67. The summed E-state index contributed by atoms with van der Waals surface area (Å²) in [7, 11) is 0. The molecule has 0 amide bonds. The van der Waals surface area contributed by atoms with Crippen molar-refractivity contribution in [2.45, 2.75) is 13.0 Å². The van der Waals surface area contributed by atoms with Gasteiger partial charge < -0.3 is 16.2 Å². The fraction of sp³-hybridized carbons (Fsp3) is 0.400. The molecule has 0 aromatic heterocycles. The van der Waals surface area contributed by atoms with Crippen LogP contribution in [0.4, 0.5) is 5.69 Å². The van der Waals surface area contributed by atoms with Gasteiger partial charge in [0, 0.05) is 15.5 Å². The van der Waals surface area contributed by atoms with Gasteiger partial charge in [0.05, 0.1) is 11.8 Å². The second-order valence-corrected chi connectivity index (χ2v) is 4.93. The molecule has 1 aromatic rings. The molecule has 0 spiro atoms. The Balaban J connectivity index is 2.86. The molecule has 0 saturated heterocycles. The standard InChI is InChI=1S/C10H14Br2N2O/c1-2-14-5-9(15)6-3-7(11)10(13)8(12)4-6/h3-4,9,14-15H,2,5,13H2,1H3. The topological polar surface area (TPSA) is 58.3 Å². The molecule has 0 heterocycles. The van der Waals surface area contributed by atoms with Crippen molar-refractivity contribution in [2.75, 3.05) is 18.8 Å². The number of nitrogen functional groups attached to an aromatic ring is 1. The van der Waals surface area contributed by atoms with Crippen LogP contribution in [-0.4, -0.2) is 18.2 Å². The van der Waals surface area contributed by atoms with Crippen molar-refractivity contribution in [3.63, 3.8) is 0 Å². The quantitative estimate of drug-likeness (QED) is 0.739. The van der Waals surface area contributed by atoms with Crippen molar-refractivity contribution >= 4 is 37.5 Å². The number of halogens is 2. The fourth-order valence-corrected chi connectivity index (χ4v) is 2.42. The van der Waals surface area contributed by atoms with Crippen LogP contribution in [-0.2, 0) is 0 Å². The minimum absolute atomic E-state index is 0.516. The van der Waals surface area contributed by atoms with Crippen LogP contribution >= 0.6 is 31.9 Å². The summed E-state index contributed by atoms with van der Waals surface area (Å²) < 4.78 is 1.59. The van der Waals surface area contributed by atoms with Gasteiger partial charge in [0.15, 0.2) is 0 Å². The van der Waals surface area contributed by atoms with E-state index in [4.69, 9.17) is 5.73 Å². The fourth-order valence-electron chi connectivity index (χ4n) is 1.20. The highest BCUT2D eigenvalue weighted by Crippen LogP contribution is 2.31. The summed E-state index contributed by atoms with van der Waals surface area (Å²) in [4.78, 5) is 0. The highest BCUT2D eigenvalue weighted by atomic mass is 79.9. The zero-order valence-electron chi connectivity index (χ0n) is 8.43. The van der Waals surface area contributed by atoms with Gasteiger partial charge in [-0.1, -0.05) is 6.92 Å². The molecule has 3 nitrogen and oxygen atoms in total. The Morgan fingerprint density at radius 2 is 1.93 bits per heavy atom. The number of benzene rings is 1. The highest BCUT2D eigenvalue weighted by Gasteiger charge is 2.10. The van der Waals surface area contributed by atoms with E-state index in [1.54, 1.807) is 0 Å². The van der Waals surface area contributed by atoms with Crippen molar-refractivity contribution in [3.05, 3.63) is 26.6 Å². The summed E-state index contributed by atoms with van der Waals surface area (Å²) in [6.45, 7) is 3.38. The molecule has 0 aliphatic heterocycles. The van der Waals surface area contributed by atoms with Crippen molar-refractivity contribution in [1.82, 2.24) is 5.32 Å². The number of rotatable bonds is 4. The third-order valence-corrected chi connectivity index (χ3v) is 3.39. The maximum absolute atomic E-state index is 9.85. The summed E-state index contributed by atoms with van der Waals surface area (Å²) in [5.74, 6) is 0. The molecule has 0 aliphatic rings. The molecule has 1 rings (SSSR count). The van der Waals surface area contributed by atoms with Gasteiger partial charge in [-0.15, -0.1) is 0 Å². The Hall–Kier alpha value is -0.100. The van der Waals surface area contributed by atoms with Crippen LogP contribution in [0.3, 0.4) is 0 Å². The maximum atomic E-state index is 9.85. The normalized spacial score (nSPS) is 12.8. The van der Waals surface area contributed by atoms with E-state index in [-0.39, 0.29) is 0 Å². The molecule has 1 unspecified atom stereocenters. The Morgan fingerprint density at radius 1 is 1.40 bits per heavy atom. The van der Waals surface area contributed by atoms with E-state index in [9.17, 15) is 5.11 Å². The number of likely N-dealkylation sites (N-methyl/N-ethyl adjacent to an activating group) is 1. The lowest BCUT2D eigenvalue weighted by molar-refractivity contribution is 0.175. The van der Waals surface area contributed by atoms with Crippen LogP contribution in [0.5, 0.6) is 0 Å². The molecule has 0 fully saturated rings. The lowest BCUT2D eigenvalue weighted by atomic mass is 10.1. The van der Waals surface area contributed by atoms with E-state index in [2.05, 4.69) is 37.2 Å². The smallest absolute Gasteiger partial charge is 0.0915 e. The van der Waals surface area contributed by atoms with Crippen LogP contribution < -0.4 is 11.1 Å². The second kappa shape index (κ2) is 5.84. The largest absolute Gasteiger partial charge is 0.397 e. The van der Waals surface area contributed by atoms with E-state index >= 15 is 0 Å². The predicted molar refractivity (Wildman–Crippen MR) is 69.8 cm³/mol. The number of aliphatic hydroxyl groups excluding tert-OH is 1. The number of nitrogens with one attached hydrogen (secondary N) is 1. The molecular weight excluding hydrogens is 324 g/mol. The maximum Gasteiger partial charge on any atom is 0.0915 e. The predicted octanol–water partition coefficient (Wildman–Crippen LogP) is 2.44. The van der Waals surface area contributed by atoms with Crippen LogP contribution in [0, 0.1) is 0 Å². The molecule has 15 heavy (non-hydrogen) atoms. The van der Waals surface area contributed by atoms with Gasteiger partial charge in [-0.25, -0.2) is 0 Å². The van der Waals surface area contributed by atoms with Crippen molar-refractivity contribution in [1.29, 1.82) is 0 Å². The van der Waals surface area contributed by atoms with E-state index in [1.807, 2.05) is 19.1 Å². The van der Waals surface area contributed by atoms with E-state index < -0.39 is 6.10 Å². The van der Waals surface area contributed by atoms with Crippen molar-refractivity contribution < 1.29 is 5.11 Å². The number of hydrogen-bond donors (Lipinski definition) is 3. The van der Waals surface area contributed by atoms with Crippen LogP contribution in [0.15, 0.2) is 21.1 Å². The van der Waals surface area contributed by atoms with Crippen LogP contribution in [0.1, 0.15) is 18.6 Å². The van der Waals surface area contributed by atoms with Gasteiger partial charge in [0.1, 0.15) is 0 Å². The number of anilines is 1. The first-order valence-corrected chi connectivity index (χ1v) is 6.28. The van der Waals surface area contributed by atoms with Crippen LogP contribution in [0.2, 0.25) is 0 Å². The SMILES string of the molecule is CCNCC(O)c1cc(Br)c(N)c(Br)c1. The van der Waals surface area contributed by atoms with Crippen LogP contribution in [0.25, 0.3) is 0 Å².